The third kappa shape index (κ3) is 5.83. The predicted octanol–water partition coefficient (Wildman–Crippen LogP) is 2.77. The Hall–Kier alpha value is -2.47. The lowest BCUT2D eigenvalue weighted by Crippen LogP contribution is -2.32. The van der Waals surface area contributed by atoms with Crippen LogP contribution in [-0.4, -0.2) is 34.6 Å². The minimum absolute atomic E-state index is 0.0697. The first kappa shape index (κ1) is 18.9. The fourth-order valence-corrected chi connectivity index (χ4v) is 2.88. The molecule has 25 heavy (non-hydrogen) atoms. The van der Waals surface area contributed by atoms with Crippen LogP contribution in [0.25, 0.3) is 0 Å². The molecule has 0 saturated heterocycles. The molecule has 132 valence electrons. The fourth-order valence-electron chi connectivity index (χ4n) is 2.23. The zero-order valence-corrected chi connectivity index (χ0v) is 14.3. The second-order valence-corrected chi connectivity index (χ2v) is 7.24. The number of benzene rings is 2. The zero-order chi connectivity index (χ0) is 18.4. The molecule has 2 rings (SSSR count). The van der Waals surface area contributed by atoms with Crippen LogP contribution in [0.3, 0.4) is 0 Å². The number of nitrogens with one attached hydrogen (secondary N) is 1. The second-order valence-electron chi connectivity index (χ2n) is 5.43. The van der Waals surface area contributed by atoms with Gasteiger partial charge >= 0.3 is 13.6 Å². The topological polar surface area (TPSA) is 113 Å². The van der Waals surface area contributed by atoms with Crippen molar-refractivity contribution < 1.29 is 28.7 Å². The largest absolute Gasteiger partial charge is 0.478 e. The van der Waals surface area contributed by atoms with Crippen LogP contribution < -0.4 is 5.32 Å². The first-order valence-electron chi connectivity index (χ1n) is 7.42. The van der Waals surface area contributed by atoms with E-state index in [4.69, 9.17) is 4.52 Å². The van der Waals surface area contributed by atoms with Crippen LogP contribution in [0.4, 0.5) is 5.69 Å². The Bertz CT molecular complexity index is 802. The Morgan fingerprint density at radius 2 is 1.72 bits per heavy atom. The van der Waals surface area contributed by atoms with Gasteiger partial charge in [-0.15, -0.1) is 0 Å². The van der Waals surface area contributed by atoms with E-state index in [0.29, 0.717) is 0 Å². The molecule has 0 aliphatic carbocycles. The number of aromatic carboxylic acids is 1. The highest BCUT2D eigenvalue weighted by Gasteiger charge is 2.27. The van der Waals surface area contributed by atoms with Crippen LogP contribution in [0.15, 0.2) is 54.6 Å². The van der Waals surface area contributed by atoms with Crippen molar-refractivity contribution in [3.63, 3.8) is 0 Å². The summed E-state index contributed by atoms with van der Waals surface area (Å²) in [4.78, 5) is 33.2. The number of hydrogen-bond acceptors (Lipinski definition) is 4. The Morgan fingerprint density at radius 3 is 2.32 bits per heavy atom. The standard InChI is InChI=1S/C17H18NO6P/c1-25(22,23)24-15(11-12-7-3-2-4-8-12)16(19)18-14-10-6-5-9-13(14)17(20)21/h2-10,15H,11H2,1H3,(H,18,19)(H,20,21)(H,22,23). The summed E-state index contributed by atoms with van der Waals surface area (Å²) in [7, 11) is -3.93. The summed E-state index contributed by atoms with van der Waals surface area (Å²) in [6.07, 6.45) is -1.18. The number of carboxylic acid groups (broad SMARTS) is 1. The molecule has 2 aromatic carbocycles. The summed E-state index contributed by atoms with van der Waals surface area (Å²) in [5, 5.41) is 11.6. The van der Waals surface area contributed by atoms with E-state index >= 15 is 0 Å². The van der Waals surface area contributed by atoms with Crippen LogP contribution in [0, 0.1) is 0 Å². The zero-order valence-electron chi connectivity index (χ0n) is 13.5. The number of anilines is 1. The Labute approximate surface area is 144 Å². The number of carboxylic acids is 1. The van der Waals surface area contributed by atoms with E-state index < -0.39 is 25.6 Å². The van der Waals surface area contributed by atoms with Crippen molar-refractivity contribution in [2.24, 2.45) is 0 Å². The van der Waals surface area contributed by atoms with Gasteiger partial charge in [-0.25, -0.2) is 4.79 Å². The summed E-state index contributed by atoms with van der Waals surface area (Å²) < 4.78 is 16.6. The Kier molecular flexibility index (Phi) is 6.09. The third-order valence-corrected chi connectivity index (χ3v) is 3.94. The van der Waals surface area contributed by atoms with Crippen LogP contribution in [0.1, 0.15) is 15.9 Å². The van der Waals surface area contributed by atoms with E-state index in [2.05, 4.69) is 5.32 Å². The first-order valence-corrected chi connectivity index (χ1v) is 9.44. The average molecular weight is 363 g/mol. The number of para-hydroxylation sites is 1. The van der Waals surface area contributed by atoms with Gasteiger partial charge in [0.15, 0.2) is 0 Å². The van der Waals surface area contributed by atoms with Gasteiger partial charge in [-0.05, 0) is 17.7 Å². The van der Waals surface area contributed by atoms with Crippen molar-refractivity contribution in [1.29, 1.82) is 0 Å². The van der Waals surface area contributed by atoms with Gasteiger partial charge in [0.25, 0.3) is 5.91 Å². The minimum atomic E-state index is -3.93. The maximum Gasteiger partial charge on any atom is 0.337 e. The monoisotopic (exact) mass is 363 g/mol. The molecule has 7 nitrogen and oxygen atoms in total. The maximum atomic E-state index is 12.5. The number of carbonyl (C=O) groups is 2. The van der Waals surface area contributed by atoms with E-state index in [9.17, 15) is 24.2 Å². The summed E-state index contributed by atoms with van der Waals surface area (Å²) in [6, 6.07) is 14.8. The highest BCUT2D eigenvalue weighted by molar-refractivity contribution is 7.51. The molecule has 8 heteroatoms. The summed E-state index contributed by atoms with van der Waals surface area (Å²) in [5.41, 5.74) is 0.742. The molecule has 0 aliphatic heterocycles. The van der Waals surface area contributed by atoms with Gasteiger partial charge in [0, 0.05) is 13.1 Å². The highest BCUT2D eigenvalue weighted by Crippen LogP contribution is 2.39. The van der Waals surface area contributed by atoms with Crippen molar-refractivity contribution in [2.45, 2.75) is 12.5 Å². The van der Waals surface area contributed by atoms with E-state index in [-0.39, 0.29) is 17.7 Å². The number of hydrogen-bond donors (Lipinski definition) is 3. The SMILES string of the molecule is CP(=O)(O)OC(Cc1ccccc1)C(=O)Nc1ccccc1C(=O)O. The smallest absolute Gasteiger partial charge is 0.337 e. The van der Waals surface area contributed by atoms with E-state index in [1.54, 1.807) is 36.4 Å². The van der Waals surface area contributed by atoms with Crippen LogP contribution >= 0.6 is 7.60 Å². The molecule has 0 aliphatic rings. The van der Waals surface area contributed by atoms with Gasteiger partial charge in [-0.2, -0.15) is 0 Å². The molecule has 0 heterocycles. The quantitative estimate of drug-likeness (QED) is 0.652. The van der Waals surface area contributed by atoms with E-state index in [1.807, 2.05) is 0 Å². The van der Waals surface area contributed by atoms with Crippen LogP contribution in [0.2, 0.25) is 0 Å². The second kappa shape index (κ2) is 8.07. The van der Waals surface area contributed by atoms with Gasteiger partial charge in [0.05, 0.1) is 11.3 Å². The van der Waals surface area contributed by atoms with Gasteiger partial charge in [-0.1, -0.05) is 42.5 Å². The number of rotatable bonds is 7. The molecule has 0 aromatic heterocycles. The molecule has 3 N–H and O–H groups in total. The number of carbonyl (C=O) groups excluding carboxylic acids is 1. The fraction of sp³-hybridized carbons (Fsp3) is 0.176. The minimum Gasteiger partial charge on any atom is -0.478 e. The molecule has 0 bridgehead atoms. The Balaban J connectivity index is 2.23. The number of amides is 1. The highest BCUT2D eigenvalue weighted by atomic mass is 31.2. The summed E-state index contributed by atoms with van der Waals surface area (Å²) in [5.74, 6) is -1.89. The molecule has 1 amide bonds. The third-order valence-electron chi connectivity index (χ3n) is 3.29. The normalized spacial score (nSPS) is 14.3. The van der Waals surface area contributed by atoms with Gasteiger partial charge in [0.1, 0.15) is 6.10 Å². The van der Waals surface area contributed by atoms with Gasteiger partial charge in [-0.3, -0.25) is 13.9 Å². The van der Waals surface area contributed by atoms with Crippen molar-refractivity contribution in [1.82, 2.24) is 0 Å². The van der Waals surface area contributed by atoms with Crippen molar-refractivity contribution in [2.75, 3.05) is 12.0 Å². The molecular weight excluding hydrogens is 345 g/mol. The molecule has 2 aromatic rings. The van der Waals surface area contributed by atoms with E-state index in [0.717, 1.165) is 12.2 Å². The van der Waals surface area contributed by atoms with Crippen LogP contribution in [-0.2, 0) is 20.3 Å². The molecule has 0 saturated carbocycles. The molecule has 2 unspecified atom stereocenters. The van der Waals surface area contributed by atoms with E-state index in [1.165, 1.54) is 18.2 Å². The van der Waals surface area contributed by atoms with Crippen LogP contribution in [0.5, 0.6) is 0 Å². The molecule has 0 fully saturated rings. The average Bonchev–Trinajstić information content (AvgIpc) is 2.54. The molecule has 0 spiro atoms. The maximum absolute atomic E-state index is 12.5. The summed E-state index contributed by atoms with van der Waals surface area (Å²) in [6.45, 7) is 0.990. The summed E-state index contributed by atoms with van der Waals surface area (Å²) >= 11 is 0. The van der Waals surface area contributed by atoms with Crippen molar-refractivity contribution in [3.05, 3.63) is 65.7 Å². The Morgan fingerprint density at radius 1 is 1.12 bits per heavy atom. The van der Waals surface area contributed by atoms with Gasteiger partial charge < -0.3 is 15.3 Å². The van der Waals surface area contributed by atoms with Crippen molar-refractivity contribution in [3.8, 4) is 0 Å². The predicted molar refractivity (Wildman–Crippen MR) is 92.8 cm³/mol. The van der Waals surface area contributed by atoms with Gasteiger partial charge in [0.2, 0.25) is 0 Å². The molecule has 2 atom stereocenters. The lowest BCUT2D eigenvalue weighted by Gasteiger charge is -2.19. The van der Waals surface area contributed by atoms with Crippen molar-refractivity contribution >= 4 is 25.2 Å². The molecular formula is C17H18NO6P. The lowest BCUT2D eigenvalue weighted by atomic mass is 10.1. The lowest BCUT2D eigenvalue weighted by molar-refractivity contribution is -0.123. The molecule has 0 radical (unpaired) electrons. The first-order chi connectivity index (χ1) is 11.8.